The molecule has 1 saturated carbocycles. The third kappa shape index (κ3) is 3.14. The minimum Gasteiger partial charge on any atom is -0.493 e. The van der Waals surface area contributed by atoms with Gasteiger partial charge in [-0.15, -0.1) is 0 Å². The van der Waals surface area contributed by atoms with Gasteiger partial charge in [0, 0.05) is 0 Å². The molecule has 22 heavy (non-hydrogen) atoms. The van der Waals surface area contributed by atoms with Gasteiger partial charge in [-0.3, -0.25) is 19.7 Å². The first-order valence-corrected chi connectivity index (χ1v) is 7.53. The van der Waals surface area contributed by atoms with Crippen molar-refractivity contribution in [2.45, 2.75) is 12.8 Å². The maximum absolute atomic E-state index is 11.7. The van der Waals surface area contributed by atoms with Crippen molar-refractivity contribution in [3.8, 4) is 11.5 Å². The van der Waals surface area contributed by atoms with Crippen molar-refractivity contribution in [3.05, 3.63) is 28.7 Å². The molecule has 0 unspecified atom stereocenters. The predicted octanol–water partition coefficient (Wildman–Crippen LogP) is 2.33. The summed E-state index contributed by atoms with van der Waals surface area (Å²) in [5, 5.41) is 1.80. The smallest absolute Gasteiger partial charge is 0.314 e. The number of carbonyl (C=O) groups is 3. The second-order valence-electron chi connectivity index (χ2n) is 4.96. The molecule has 1 saturated heterocycles. The Balaban J connectivity index is 1.82. The van der Waals surface area contributed by atoms with Crippen LogP contribution < -0.4 is 14.8 Å². The molecule has 3 rings (SSSR count). The Bertz CT molecular complexity index is 693. The number of thioether (sulfide) groups is 1. The number of carbonyl (C=O) groups excluding carboxylic acids is 3. The number of benzene rings is 1. The molecule has 0 radical (unpaired) electrons. The number of imide groups is 1. The lowest BCUT2D eigenvalue weighted by Crippen LogP contribution is -2.17. The molecule has 2 aliphatic rings. The molecular weight excluding hydrogens is 306 g/mol. The normalized spacial score (nSPS) is 19.2. The van der Waals surface area contributed by atoms with E-state index in [9.17, 15) is 14.4 Å². The van der Waals surface area contributed by atoms with Crippen LogP contribution in [0.4, 0.5) is 4.79 Å². The highest BCUT2D eigenvalue weighted by molar-refractivity contribution is 8.18. The molecule has 0 bridgehead atoms. The van der Waals surface area contributed by atoms with Crippen molar-refractivity contribution in [1.82, 2.24) is 5.32 Å². The number of methoxy groups -OCH3 is 1. The number of amides is 2. The lowest BCUT2D eigenvalue weighted by atomic mass is 10.2. The Kier molecular flexibility index (Phi) is 3.89. The number of hydrogen-bond acceptors (Lipinski definition) is 6. The third-order valence-corrected chi connectivity index (χ3v) is 4.06. The molecule has 1 aromatic rings. The van der Waals surface area contributed by atoms with Crippen LogP contribution in [0.5, 0.6) is 11.5 Å². The van der Waals surface area contributed by atoms with E-state index in [0.29, 0.717) is 22.0 Å². The highest BCUT2D eigenvalue weighted by Crippen LogP contribution is 2.35. The largest absolute Gasteiger partial charge is 0.493 e. The van der Waals surface area contributed by atoms with Crippen LogP contribution in [0.3, 0.4) is 0 Å². The van der Waals surface area contributed by atoms with Gasteiger partial charge in [-0.05, 0) is 48.4 Å². The van der Waals surface area contributed by atoms with Gasteiger partial charge in [-0.25, -0.2) is 0 Å². The van der Waals surface area contributed by atoms with Gasteiger partial charge in [-0.1, -0.05) is 6.07 Å². The van der Waals surface area contributed by atoms with Crippen LogP contribution in [0.15, 0.2) is 23.1 Å². The van der Waals surface area contributed by atoms with E-state index in [1.54, 1.807) is 24.3 Å². The summed E-state index contributed by atoms with van der Waals surface area (Å²) in [6.07, 6.45) is 3.32. The van der Waals surface area contributed by atoms with Crippen LogP contribution in [0.25, 0.3) is 6.08 Å². The third-order valence-electron chi connectivity index (χ3n) is 3.25. The maximum Gasteiger partial charge on any atom is 0.314 e. The molecule has 1 heterocycles. The van der Waals surface area contributed by atoms with Crippen molar-refractivity contribution >= 4 is 35.0 Å². The Hall–Kier alpha value is -2.28. The van der Waals surface area contributed by atoms with E-state index >= 15 is 0 Å². The van der Waals surface area contributed by atoms with Crippen LogP contribution in [-0.2, 0) is 9.59 Å². The number of esters is 1. The maximum atomic E-state index is 11.7. The second-order valence-corrected chi connectivity index (χ2v) is 5.97. The molecule has 0 aromatic heterocycles. The van der Waals surface area contributed by atoms with E-state index in [2.05, 4.69) is 5.32 Å². The average molecular weight is 319 g/mol. The van der Waals surface area contributed by atoms with E-state index in [1.165, 1.54) is 7.11 Å². The van der Waals surface area contributed by atoms with Crippen molar-refractivity contribution in [2.24, 2.45) is 5.92 Å². The van der Waals surface area contributed by atoms with Gasteiger partial charge in [0.1, 0.15) is 0 Å². The lowest BCUT2D eigenvalue weighted by Gasteiger charge is -2.09. The molecule has 1 aliphatic heterocycles. The molecule has 2 amide bonds. The molecule has 1 aromatic carbocycles. The monoisotopic (exact) mass is 319 g/mol. The van der Waals surface area contributed by atoms with E-state index in [-0.39, 0.29) is 11.9 Å². The molecular formula is C15H13NO5S. The van der Waals surface area contributed by atoms with Crippen LogP contribution in [-0.4, -0.2) is 24.2 Å². The van der Waals surface area contributed by atoms with Gasteiger partial charge in [0.25, 0.3) is 11.1 Å². The Labute approximate surface area is 130 Å². The summed E-state index contributed by atoms with van der Waals surface area (Å²) in [6.45, 7) is 0. The zero-order chi connectivity index (χ0) is 15.7. The van der Waals surface area contributed by atoms with Crippen LogP contribution >= 0.6 is 11.8 Å². The minimum absolute atomic E-state index is 0.00361. The fourth-order valence-corrected chi connectivity index (χ4v) is 2.62. The quantitative estimate of drug-likeness (QED) is 0.521. The Morgan fingerprint density at radius 1 is 1.32 bits per heavy atom. The highest BCUT2D eigenvalue weighted by Gasteiger charge is 2.32. The highest BCUT2D eigenvalue weighted by atomic mass is 32.2. The minimum atomic E-state index is -0.418. The van der Waals surface area contributed by atoms with E-state index in [0.717, 1.165) is 24.6 Å². The fourth-order valence-electron chi connectivity index (χ4n) is 1.94. The SMILES string of the molecule is COc1cc(C=C2SC(=O)NC2=O)ccc1OC(=O)C1CC1. The van der Waals surface area contributed by atoms with Crippen LogP contribution in [0.2, 0.25) is 0 Å². The first-order chi connectivity index (χ1) is 10.6. The van der Waals surface area contributed by atoms with Crippen molar-refractivity contribution in [3.63, 3.8) is 0 Å². The van der Waals surface area contributed by atoms with Gasteiger partial charge in [0.05, 0.1) is 17.9 Å². The van der Waals surface area contributed by atoms with Crippen LogP contribution in [0, 0.1) is 5.92 Å². The summed E-state index contributed by atoms with van der Waals surface area (Å²) in [4.78, 5) is 34.7. The number of rotatable bonds is 4. The number of nitrogens with one attached hydrogen (secondary N) is 1. The van der Waals surface area contributed by atoms with Gasteiger partial charge in [0.15, 0.2) is 11.5 Å². The topological polar surface area (TPSA) is 81.7 Å². The van der Waals surface area contributed by atoms with Gasteiger partial charge >= 0.3 is 5.97 Å². The number of hydrogen-bond donors (Lipinski definition) is 1. The zero-order valence-electron chi connectivity index (χ0n) is 11.8. The fraction of sp³-hybridized carbons (Fsp3) is 0.267. The standard InChI is InChI=1S/C15H13NO5S/c1-20-11-6-8(7-12-13(17)16-15(19)22-12)2-5-10(11)21-14(18)9-3-4-9/h2,5-7,9H,3-4H2,1H3,(H,16,17,19). The van der Waals surface area contributed by atoms with Crippen molar-refractivity contribution in [1.29, 1.82) is 0 Å². The molecule has 7 heteroatoms. The van der Waals surface area contributed by atoms with E-state index in [4.69, 9.17) is 9.47 Å². The molecule has 2 fully saturated rings. The summed E-state index contributed by atoms with van der Waals surface area (Å²) in [7, 11) is 1.47. The summed E-state index contributed by atoms with van der Waals surface area (Å²) in [5.41, 5.74) is 0.676. The van der Waals surface area contributed by atoms with Gasteiger partial charge in [0.2, 0.25) is 0 Å². The molecule has 0 spiro atoms. The molecule has 0 atom stereocenters. The lowest BCUT2D eigenvalue weighted by molar-refractivity contribution is -0.135. The van der Waals surface area contributed by atoms with Crippen molar-refractivity contribution < 1.29 is 23.9 Å². The van der Waals surface area contributed by atoms with E-state index < -0.39 is 11.1 Å². The van der Waals surface area contributed by atoms with Gasteiger partial charge in [-0.2, -0.15) is 0 Å². The Morgan fingerprint density at radius 2 is 2.09 bits per heavy atom. The average Bonchev–Trinajstić information content (AvgIpc) is 3.28. The summed E-state index contributed by atoms with van der Waals surface area (Å²) in [5.74, 6) is 0.0780. The first kappa shape index (κ1) is 14.6. The van der Waals surface area contributed by atoms with Crippen molar-refractivity contribution in [2.75, 3.05) is 7.11 Å². The molecule has 1 aliphatic carbocycles. The van der Waals surface area contributed by atoms with E-state index in [1.807, 2.05) is 0 Å². The van der Waals surface area contributed by atoms with Gasteiger partial charge < -0.3 is 9.47 Å². The predicted molar refractivity (Wildman–Crippen MR) is 80.5 cm³/mol. The summed E-state index contributed by atoms with van der Waals surface area (Å²) in [6, 6.07) is 4.96. The van der Waals surface area contributed by atoms with Crippen LogP contribution in [0.1, 0.15) is 18.4 Å². The molecule has 1 N–H and O–H groups in total. The molecule has 6 nitrogen and oxygen atoms in total. The summed E-state index contributed by atoms with van der Waals surface area (Å²) < 4.78 is 10.5. The zero-order valence-corrected chi connectivity index (χ0v) is 12.6. The molecule has 114 valence electrons. The number of ether oxygens (including phenoxy) is 2. The second kappa shape index (κ2) is 5.84. The Morgan fingerprint density at radius 3 is 2.68 bits per heavy atom. The first-order valence-electron chi connectivity index (χ1n) is 6.71. The summed E-state index contributed by atoms with van der Waals surface area (Å²) >= 11 is 0.844.